The smallest absolute Gasteiger partial charge is 0.232 e. The minimum atomic E-state index is -0.458. The number of hydrogen-bond donors (Lipinski definition) is 1. The Morgan fingerprint density at radius 2 is 2.00 bits per heavy atom. The van der Waals surface area contributed by atoms with Gasteiger partial charge in [-0.05, 0) is 31.4 Å². The summed E-state index contributed by atoms with van der Waals surface area (Å²) >= 11 is 0. The Kier molecular flexibility index (Phi) is 3.43. The minimum absolute atomic E-state index is 0.0255. The van der Waals surface area contributed by atoms with Gasteiger partial charge in [-0.1, -0.05) is 5.16 Å². The predicted octanol–water partition coefficient (Wildman–Crippen LogP) is 1.70. The van der Waals surface area contributed by atoms with Crippen LogP contribution in [0.5, 0.6) is 11.5 Å². The molecule has 3 heterocycles. The van der Waals surface area contributed by atoms with Crippen LogP contribution in [0.2, 0.25) is 0 Å². The maximum absolute atomic E-state index is 12.5. The molecule has 26 heavy (non-hydrogen) atoms. The molecule has 0 spiro atoms. The summed E-state index contributed by atoms with van der Waals surface area (Å²) in [5.41, 5.74) is 6.59. The number of nitrogens with two attached hydrogens (primary N) is 1. The quantitative estimate of drug-likeness (QED) is 0.892. The summed E-state index contributed by atoms with van der Waals surface area (Å²) in [6.45, 7) is 1.55. The van der Waals surface area contributed by atoms with Gasteiger partial charge < -0.3 is 24.6 Å². The number of benzene rings is 1. The van der Waals surface area contributed by atoms with E-state index >= 15 is 0 Å². The van der Waals surface area contributed by atoms with Gasteiger partial charge in [0.05, 0.1) is 11.5 Å². The predicted molar refractivity (Wildman–Crippen MR) is 91.2 cm³/mol. The Balaban J connectivity index is 1.36. The van der Waals surface area contributed by atoms with Crippen LogP contribution in [0.25, 0.3) is 0 Å². The molecule has 1 saturated carbocycles. The summed E-state index contributed by atoms with van der Waals surface area (Å²) in [4.78, 5) is 18.8. The molecule has 2 fully saturated rings. The van der Waals surface area contributed by atoms with E-state index < -0.39 is 5.54 Å². The van der Waals surface area contributed by atoms with Gasteiger partial charge in [0.1, 0.15) is 13.2 Å². The largest absolute Gasteiger partial charge is 0.486 e. The molecule has 5 rings (SSSR count). The number of aromatic nitrogens is 2. The van der Waals surface area contributed by atoms with Gasteiger partial charge >= 0.3 is 0 Å². The van der Waals surface area contributed by atoms with Crippen molar-refractivity contribution in [3.8, 4) is 11.5 Å². The lowest BCUT2D eigenvalue weighted by Gasteiger charge is -2.34. The Labute approximate surface area is 150 Å². The first-order chi connectivity index (χ1) is 12.6. The molecule has 3 aliphatic rings. The number of rotatable bonds is 3. The second kappa shape index (κ2) is 5.70. The third kappa shape index (κ3) is 2.44. The van der Waals surface area contributed by atoms with E-state index in [1.165, 1.54) is 0 Å². The topological polar surface area (TPSA) is 104 Å². The van der Waals surface area contributed by atoms with Crippen molar-refractivity contribution >= 4 is 11.6 Å². The van der Waals surface area contributed by atoms with E-state index in [-0.39, 0.29) is 11.8 Å². The molecule has 1 unspecified atom stereocenters. The van der Waals surface area contributed by atoms with Crippen LogP contribution in [0.4, 0.5) is 5.69 Å². The Morgan fingerprint density at radius 1 is 1.19 bits per heavy atom. The Bertz CT molecular complexity index is 861. The van der Waals surface area contributed by atoms with E-state index in [1.54, 1.807) is 4.90 Å². The molecule has 2 aromatic rings. The summed E-state index contributed by atoms with van der Waals surface area (Å²) in [6.07, 6.45) is 3.17. The van der Waals surface area contributed by atoms with Crippen molar-refractivity contribution in [2.45, 2.75) is 37.1 Å². The molecule has 2 aliphatic heterocycles. The maximum Gasteiger partial charge on any atom is 0.232 e. The van der Waals surface area contributed by atoms with Crippen molar-refractivity contribution in [2.75, 3.05) is 24.7 Å². The van der Waals surface area contributed by atoms with Crippen LogP contribution in [0.1, 0.15) is 43.3 Å². The molecule has 1 aliphatic carbocycles. The summed E-state index contributed by atoms with van der Waals surface area (Å²) in [5.74, 6) is 2.32. The van der Waals surface area contributed by atoms with Gasteiger partial charge in [-0.3, -0.25) is 4.79 Å². The average Bonchev–Trinajstić information content (AvgIpc) is 3.26. The fraction of sp³-hybridized carbons (Fsp3) is 0.500. The minimum Gasteiger partial charge on any atom is -0.486 e. The molecular formula is C18H20N4O4. The fourth-order valence-electron chi connectivity index (χ4n) is 3.71. The van der Waals surface area contributed by atoms with E-state index in [4.69, 9.17) is 19.7 Å². The van der Waals surface area contributed by atoms with E-state index in [0.29, 0.717) is 49.4 Å². The molecule has 2 N–H and O–H groups in total. The van der Waals surface area contributed by atoms with Crippen LogP contribution in [0, 0.1) is 0 Å². The van der Waals surface area contributed by atoms with E-state index in [2.05, 4.69) is 10.1 Å². The Morgan fingerprint density at radius 3 is 2.77 bits per heavy atom. The van der Waals surface area contributed by atoms with Crippen LogP contribution < -0.4 is 20.1 Å². The van der Waals surface area contributed by atoms with Crippen molar-refractivity contribution in [3.63, 3.8) is 0 Å². The normalized spacial score (nSPS) is 23.8. The third-order valence-electron chi connectivity index (χ3n) is 5.44. The highest BCUT2D eigenvalue weighted by Crippen LogP contribution is 2.40. The Hall–Kier alpha value is -2.61. The van der Waals surface area contributed by atoms with Gasteiger partial charge in [-0.2, -0.15) is 4.98 Å². The molecule has 0 radical (unpaired) electrons. The highest BCUT2D eigenvalue weighted by molar-refractivity contribution is 5.96. The van der Waals surface area contributed by atoms with Gasteiger partial charge in [0, 0.05) is 24.7 Å². The molecule has 1 saturated heterocycles. The number of carbonyl (C=O) groups excluding carboxylic acids is 1. The number of carbonyl (C=O) groups is 1. The van der Waals surface area contributed by atoms with Crippen molar-refractivity contribution in [3.05, 3.63) is 29.9 Å². The molecule has 0 bridgehead atoms. The van der Waals surface area contributed by atoms with Crippen molar-refractivity contribution in [1.82, 2.24) is 10.1 Å². The summed E-state index contributed by atoms with van der Waals surface area (Å²) in [5, 5.41) is 4.06. The van der Waals surface area contributed by atoms with Crippen LogP contribution in [0.3, 0.4) is 0 Å². The summed E-state index contributed by atoms with van der Waals surface area (Å²) in [7, 11) is 0. The van der Waals surface area contributed by atoms with E-state index in [9.17, 15) is 4.79 Å². The number of anilines is 1. The van der Waals surface area contributed by atoms with Gasteiger partial charge in [-0.25, -0.2) is 0 Å². The number of fused-ring (bicyclic) bond motifs is 1. The average molecular weight is 356 g/mol. The van der Waals surface area contributed by atoms with Crippen LogP contribution >= 0.6 is 0 Å². The molecule has 8 nitrogen and oxygen atoms in total. The van der Waals surface area contributed by atoms with E-state index in [0.717, 1.165) is 24.9 Å². The second-order valence-corrected chi connectivity index (χ2v) is 7.20. The number of hydrogen-bond acceptors (Lipinski definition) is 7. The van der Waals surface area contributed by atoms with Crippen molar-refractivity contribution in [1.29, 1.82) is 0 Å². The number of nitrogens with zero attached hydrogens (tertiary/aromatic N) is 3. The van der Waals surface area contributed by atoms with Crippen LogP contribution in [-0.2, 0) is 10.3 Å². The number of amides is 1. The monoisotopic (exact) mass is 356 g/mol. The molecule has 1 atom stereocenters. The number of ether oxygens (including phenoxy) is 2. The first-order valence-corrected chi connectivity index (χ1v) is 8.95. The third-order valence-corrected chi connectivity index (χ3v) is 5.44. The zero-order valence-electron chi connectivity index (χ0n) is 14.3. The SMILES string of the molecule is NC1(c2noc(C3CC(=O)N(c4ccc5c(c4)OCCO5)C3)n2)CCC1. The van der Waals surface area contributed by atoms with Crippen LogP contribution in [0.15, 0.2) is 22.7 Å². The first-order valence-electron chi connectivity index (χ1n) is 8.95. The molecule has 136 valence electrons. The van der Waals surface area contributed by atoms with Crippen LogP contribution in [-0.4, -0.2) is 35.8 Å². The highest BCUT2D eigenvalue weighted by Gasteiger charge is 2.41. The molecule has 1 aromatic heterocycles. The molecule has 1 amide bonds. The zero-order chi connectivity index (χ0) is 17.7. The lowest BCUT2D eigenvalue weighted by Crippen LogP contribution is -2.44. The summed E-state index contributed by atoms with van der Waals surface area (Å²) in [6, 6.07) is 5.55. The maximum atomic E-state index is 12.5. The highest BCUT2D eigenvalue weighted by atomic mass is 16.6. The molecule has 1 aromatic carbocycles. The van der Waals surface area contributed by atoms with Gasteiger partial charge in [0.25, 0.3) is 0 Å². The molecule has 8 heteroatoms. The lowest BCUT2D eigenvalue weighted by atomic mass is 9.77. The van der Waals surface area contributed by atoms with Crippen molar-refractivity contribution in [2.24, 2.45) is 5.73 Å². The van der Waals surface area contributed by atoms with Gasteiger partial charge in [0.2, 0.25) is 11.8 Å². The lowest BCUT2D eigenvalue weighted by molar-refractivity contribution is -0.117. The van der Waals surface area contributed by atoms with E-state index in [1.807, 2.05) is 18.2 Å². The van der Waals surface area contributed by atoms with Gasteiger partial charge in [-0.15, -0.1) is 0 Å². The fourth-order valence-corrected chi connectivity index (χ4v) is 3.71. The first kappa shape index (κ1) is 15.6. The second-order valence-electron chi connectivity index (χ2n) is 7.20. The zero-order valence-corrected chi connectivity index (χ0v) is 14.3. The van der Waals surface area contributed by atoms with Gasteiger partial charge in [0.15, 0.2) is 17.3 Å². The standard InChI is InChI=1S/C18H20N4O4/c19-18(4-1-5-18)17-20-16(26-21-17)11-8-15(23)22(10-11)12-2-3-13-14(9-12)25-7-6-24-13/h2-3,9,11H,1,4-8,10,19H2. The molecular weight excluding hydrogens is 336 g/mol. The van der Waals surface area contributed by atoms with Crippen molar-refractivity contribution < 1.29 is 18.8 Å². The summed E-state index contributed by atoms with van der Waals surface area (Å²) < 4.78 is 16.6.